The minimum absolute atomic E-state index is 0.502. The number of benzene rings is 2. The molecule has 5 N–H and O–H groups in total. The van der Waals surface area contributed by atoms with Crippen molar-refractivity contribution in [2.45, 2.75) is 41.4 Å². The maximum Gasteiger partial charge on any atom is 0.111 e. The van der Waals surface area contributed by atoms with E-state index in [-0.39, 0.29) is 0 Å². The smallest absolute Gasteiger partial charge is 0.111 e. The van der Waals surface area contributed by atoms with Gasteiger partial charge in [-0.25, -0.2) is 0 Å². The molecule has 0 amide bonds. The summed E-state index contributed by atoms with van der Waals surface area (Å²) in [4.78, 5) is 4.25. The van der Waals surface area contributed by atoms with Gasteiger partial charge in [-0.1, -0.05) is 60.7 Å². The molecule has 4 saturated heterocycles. The van der Waals surface area contributed by atoms with Crippen LogP contribution in [0.15, 0.2) is 60.7 Å². The summed E-state index contributed by atoms with van der Waals surface area (Å²) in [5.74, 6) is 0. The highest BCUT2D eigenvalue weighted by molar-refractivity contribution is 5.42. The van der Waals surface area contributed by atoms with E-state index >= 15 is 0 Å². The summed E-state index contributed by atoms with van der Waals surface area (Å²) in [5.41, 5.74) is 1.04. The summed E-state index contributed by atoms with van der Waals surface area (Å²) in [6.45, 7) is 1.52. The van der Waals surface area contributed by atoms with Crippen LogP contribution < -0.4 is 0 Å². The van der Waals surface area contributed by atoms with Crippen molar-refractivity contribution in [1.82, 2.24) is 9.80 Å². The van der Waals surface area contributed by atoms with Gasteiger partial charge >= 0.3 is 0 Å². The molecule has 31 heavy (non-hydrogen) atoms. The Labute approximate surface area is 181 Å². The van der Waals surface area contributed by atoms with Crippen LogP contribution in [0.25, 0.3) is 0 Å². The molecule has 4 aliphatic rings. The van der Waals surface area contributed by atoms with Crippen LogP contribution >= 0.6 is 0 Å². The van der Waals surface area contributed by atoms with Gasteiger partial charge in [0.2, 0.25) is 0 Å². The quantitative estimate of drug-likeness (QED) is 0.415. The molecule has 0 aromatic heterocycles. The van der Waals surface area contributed by atoms with Crippen molar-refractivity contribution >= 4 is 0 Å². The lowest BCUT2D eigenvalue weighted by atomic mass is 9.54. The van der Waals surface area contributed by atoms with Crippen LogP contribution in [0.1, 0.15) is 11.1 Å². The SMILES string of the molecule is OCC(O)C(O)C(O)C1N2CC3(c4ccccc4)CN1CC(c1ccccc1)(C2)C3O. The normalized spacial score (nSPS) is 39.3. The lowest BCUT2D eigenvalue weighted by molar-refractivity contribution is -0.241. The molecule has 0 spiro atoms. The molecular formula is C24H30N2O5. The zero-order chi connectivity index (χ0) is 21.8. The van der Waals surface area contributed by atoms with Gasteiger partial charge in [-0.3, -0.25) is 9.80 Å². The van der Waals surface area contributed by atoms with Gasteiger partial charge in [0, 0.05) is 37.0 Å². The number of hydrogen-bond acceptors (Lipinski definition) is 7. The van der Waals surface area contributed by atoms with Gasteiger partial charge in [0.15, 0.2) is 0 Å². The topological polar surface area (TPSA) is 108 Å². The average Bonchev–Trinajstić information content (AvgIpc) is 2.81. The van der Waals surface area contributed by atoms with Crippen LogP contribution in [0.4, 0.5) is 0 Å². The van der Waals surface area contributed by atoms with E-state index in [9.17, 15) is 25.5 Å². The Morgan fingerprint density at radius 2 is 1.19 bits per heavy atom. The highest BCUT2D eigenvalue weighted by atomic mass is 16.4. The Morgan fingerprint density at radius 1 is 0.774 bits per heavy atom. The summed E-state index contributed by atoms with van der Waals surface area (Å²) in [5, 5.41) is 52.4. The second-order valence-corrected chi connectivity index (χ2v) is 9.40. The monoisotopic (exact) mass is 426 g/mol. The van der Waals surface area contributed by atoms with Gasteiger partial charge in [-0.05, 0) is 11.1 Å². The molecule has 4 aliphatic heterocycles. The van der Waals surface area contributed by atoms with Crippen molar-refractivity contribution in [2.24, 2.45) is 0 Å². The number of nitrogens with zero attached hydrogens (tertiary/aromatic N) is 2. The van der Waals surface area contributed by atoms with Crippen LogP contribution in [0.2, 0.25) is 0 Å². The first-order valence-electron chi connectivity index (χ1n) is 10.9. The highest BCUT2D eigenvalue weighted by Crippen LogP contribution is 2.53. The molecule has 0 aliphatic carbocycles. The molecule has 2 aromatic rings. The molecule has 4 fully saturated rings. The fourth-order valence-electron chi connectivity index (χ4n) is 6.31. The van der Waals surface area contributed by atoms with Crippen LogP contribution in [0.5, 0.6) is 0 Å². The van der Waals surface area contributed by atoms with Crippen molar-refractivity contribution < 1.29 is 25.5 Å². The predicted octanol–water partition coefficient (Wildman–Crippen LogP) is -0.731. The number of aliphatic hydroxyl groups is 5. The predicted molar refractivity (Wildman–Crippen MR) is 114 cm³/mol. The zero-order valence-electron chi connectivity index (χ0n) is 17.3. The molecule has 3 atom stereocenters. The van der Waals surface area contributed by atoms with E-state index < -0.39 is 48.0 Å². The van der Waals surface area contributed by atoms with Crippen LogP contribution in [-0.2, 0) is 10.8 Å². The molecule has 0 radical (unpaired) electrons. The first-order valence-corrected chi connectivity index (χ1v) is 10.9. The molecule has 2 aromatic carbocycles. The lowest BCUT2D eigenvalue weighted by Gasteiger charge is -2.70. The summed E-state index contributed by atoms with van der Waals surface area (Å²) in [7, 11) is 0. The van der Waals surface area contributed by atoms with Gasteiger partial charge in [0.25, 0.3) is 0 Å². The summed E-state index contributed by atoms with van der Waals surface area (Å²) in [6.07, 6.45) is -5.23. The number of hydrogen-bond donors (Lipinski definition) is 5. The van der Waals surface area contributed by atoms with Gasteiger partial charge in [-0.15, -0.1) is 0 Å². The minimum atomic E-state index is -1.46. The molecule has 4 heterocycles. The van der Waals surface area contributed by atoms with Gasteiger partial charge < -0.3 is 25.5 Å². The molecule has 4 bridgehead atoms. The summed E-state index contributed by atoms with van der Waals surface area (Å²) < 4.78 is 0. The van der Waals surface area contributed by atoms with Crippen molar-refractivity contribution in [2.75, 3.05) is 32.8 Å². The summed E-state index contributed by atoms with van der Waals surface area (Å²) >= 11 is 0. The molecule has 6 rings (SSSR count). The molecule has 7 nitrogen and oxygen atoms in total. The lowest BCUT2D eigenvalue weighted by Crippen LogP contribution is -2.85. The highest BCUT2D eigenvalue weighted by Gasteiger charge is 2.67. The van der Waals surface area contributed by atoms with E-state index in [0.717, 1.165) is 11.1 Å². The van der Waals surface area contributed by atoms with Gasteiger partial charge in [-0.2, -0.15) is 0 Å². The Kier molecular flexibility index (Phi) is 5.18. The molecule has 7 heteroatoms. The maximum absolute atomic E-state index is 11.9. The van der Waals surface area contributed by atoms with E-state index in [0.29, 0.717) is 26.2 Å². The molecular weight excluding hydrogens is 396 g/mol. The standard InChI is InChI=1S/C24H30N2O5/c27-11-18(28)19(29)20(30)21-25-12-23(16-7-3-1-4-8-16)13-26(21)15-24(14-25,22(23)31)17-9-5-2-6-10-17/h1-10,18-22,27-31H,11-15H2. The molecule has 0 saturated carbocycles. The third-order valence-electron chi connectivity index (χ3n) is 7.67. The first kappa shape index (κ1) is 21.0. The largest absolute Gasteiger partial charge is 0.394 e. The van der Waals surface area contributed by atoms with E-state index in [1.165, 1.54) is 0 Å². The number of piperidine rings is 2. The first-order chi connectivity index (χ1) is 14.9. The van der Waals surface area contributed by atoms with Crippen LogP contribution in [0.3, 0.4) is 0 Å². The Hall–Kier alpha value is -1.84. The Morgan fingerprint density at radius 3 is 1.58 bits per heavy atom. The Bertz CT molecular complexity index is 835. The van der Waals surface area contributed by atoms with Crippen molar-refractivity contribution in [1.29, 1.82) is 0 Å². The van der Waals surface area contributed by atoms with Gasteiger partial charge in [0.05, 0.1) is 18.9 Å². The van der Waals surface area contributed by atoms with Crippen molar-refractivity contribution in [3.63, 3.8) is 0 Å². The molecule has 166 valence electrons. The van der Waals surface area contributed by atoms with E-state index in [2.05, 4.69) is 9.80 Å². The second-order valence-electron chi connectivity index (χ2n) is 9.40. The Balaban J connectivity index is 1.59. The molecule has 3 unspecified atom stereocenters. The number of rotatable bonds is 6. The maximum atomic E-state index is 11.9. The van der Waals surface area contributed by atoms with Crippen LogP contribution in [0, 0.1) is 0 Å². The van der Waals surface area contributed by atoms with E-state index in [1.54, 1.807) is 0 Å². The van der Waals surface area contributed by atoms with Crippen molar-refractivity contribution in [3.8, 4) is 0 Å². The fraction of sp³-hybridized carbons (Fsp3) is 0.500. The second kappa shape index (κ2) is 7.64. The van der Waals surface area contributed by atoms with Crippen LogP contribution in [-0.4, -0.2) is 98.7 Å². The van der Waals surface area contributed by atoms with Crippen molar-refractivity contribution in [3.05, 3.63) is 71.8 Å². The minimum Gasteiger partial charge on any atom is -0.394 e. The average molecular weight is 427 g/mol. The third kappa shape index (κ3) is 3.00. The fourth-order valence-corrected chi connectivity index (χ4v) is 6.31. The van der Waals surface area contributed by atoms with Gasteiger partial charge in [0.1, 0.15) is 18.3 Å². The third-order valence-corrected chi connectivity index (χ3v) is 7.67. The van der Waals surface area contributed by atoms with E-state index in [4.69, 9.17) is 0 Å². The zero-order valence-corrected chi connectivity index (χ0v) is 17.3. The number of aliphatic hydroxyl groups excluding tert-OH is 5. The summed E-state index contributed by atoms with van der Waals surface area (Å²) in [6, 6.07) is 20.0. The van der Waals surface area contributed by atoms with E-state index in [1.807, 2.05) is 60.7 Å².